The number of aliphatic hydroxyl groups is 2. The summed E-state index contributed by atoms with van der Waals surface area (Å²) in [7, 11) is 0. The van der Waals surface area contributed by atoms with Gasteiger partial charge in [-0.3, -0.25) is 9.59 Å². The van der Waals surface area contributed by atoms with Crippen LogP contribution in [0.15, 0.2) is 97.6 Å². The highest BCUT2D eigenvalue weighted by Gasteiger charge is 2.14. The SMILES string of the molecule is O=C(C[n+]1cccc(CO)c1)c1ccc(-c2ccc(C(=O)C[n+]3cccc(CO)c3)cc2)cc1.[Br-]. The van der Waals surface area contributed by atoms with Crippen molar-refractivity contribution >= 4 is 11.6 Å². The maximum atomic E-state index is 12.6. The molecule has 4 aromatic rings. The van der Waals surface area contributed by atoms with E-state index >= 15 is 0 Å². The molecule has 6 nitrogen and oxygen atoms in total. The van der Waals surface area contributed by atoms with E-state index in [4.69, 9.17) is 0 Å². The minimum Gasteiger partial charge on any atom is -1.00 e. The van der Waals surface area contributed by atoms with E-state index in [0.717, 1.165) is 22.3 Å². The number of carbonyl (C=O) groups excluding carboxylic acids is 2. The summed E-state index contributed by atoms with van der Waals surface area (Å²) in [5, 5.41) is 18.5. The first-order valence-electron chi connectivity index (χ1n) is 11.0. The van der Waals surface area contributed by atoms with Crippen LogP contribution in [0.4, 0.5) is 0 Å². The summed E-state index contributed by atoms with van der Waals surface area (Å²) in [5.74, 6) is -0.0364. The Morgan fingerprint density at radius 3 is 1.31 bits per heavy atom. The molecule has 0 amide bonds. The summed E-state index contributed by atoms with van der Waals surface area (Å²) in [4.78, 5) is 25.3. The Morgan fingerprint density at radius 2 is 0.971 bits per heavy atom. The van der Waals surface area contributed by atoms with E-state index < -0.39 is 0 Å². The highest BCUT2D eigenvalue weighted by Crippen LogP contribution is 2.21. The van der Waals surface area contributed by atoms with Crippen LogP contribution >= 0.6 is 0 Å². The van der Waals surface area contributed by atoms with Crippen molar-refractivity contribution in [1.29, 1.82) is 0 Å². The van der Waals surface area contributed by atoms with E-state index in [2.05, 4.69) is 0 Å². The maximum absolute atomic E-state index is 12.6. The average molecular weight is 534 g/mol. The van der Waals surface area contributed by atoms with E-state index in [1.54, 1.807) is 70.3 Å². The number of hydrogen-bond acceptors (Lipinski definition) is 4. The fourth-order valence-electron chi connectivity index (χ4n) is 3.75. The van der Waals surface area contributed by atoms with E-state index in [1.165, 1.54) is 0 Å². The minimum atomic E-state index is -0.0656. The lowest BCUT2D eigenvalue weighted by atomic mass is 10.00. The van der Waals surface area contributed by atoms with Crippen LogP contribution in [0.1, 0.15) is 31.8 Å². The van der Waals surface area contributed by atoms with E-state index in [1.807, 2.05) is 36.4 Å². The summed E-state index contributed by atoms with van der Waals surface area (Å²) in [6, 6.07) is 22.0. The van der Waals surface area contributed by atoms with Crippen LogP contribution < -0.4 is 26.1 Å². The van der Waals surface area contributed by atoms with Crippen LogP contribution in [-0.4, -0.2) is 21.8 Å². The summed E-state index contributed by atoms with van der Waals surface area (Å²) < 4.78 is 3.52. The maximum Gasteiger partial charge on any atom is 0.227 e. The van der Waals surface area contributed by atoms with Gasteiger partial charge in [0.05, 0.1) is 13.2 Å². The first-order chi connectivity index (χ1) is 16.6. The number of nitrogens with zero attached hydrogens (tertiary/aromatic N) is 2. The first kappa shape index (κ1) is 26.1. The molecule has 2 aromatic heterocycles. The quantitative estimate of drug-likeness (QED) is 0.228. The molecule has 35 heavy (non-hydrogen) atoms. The number of aromatic nitrogens is 2. The van der Waals surface area contributed by atoms with Gasteiger partial charge in [-0.2, -0.15) is 9.13 Å². The van der Waals surface area contributed by atoms with Crippen LogP contribution in [0.25, 0.3) is 11.1 Å². The molecule has 2 aromatic carbocycles. The van der Waals surface area contributed by atoms with Gasteiger partial charge < -0.3 is 27.2 Å². The molecule has 2 N–H and O–H groups in total. The van der Waals surface area contributed by atoms with Crippen LogP contribution in [0.2, 0.25) is 0 Å². The van der Waals surface area contributed by atoms with Gasteiger partial charge in [0.15, 0.2) is 24.8 Å². The molecule has 0 radical (unpaired) electrons. The molecular weight excluding hydrogens is 508 g/mol. The standard InChI is InChI=1S/C28H26N2O4.BrH/c31-19-21-3-1-13-29(15-21)17-27(33)25-9-5-23(6-10-25)24-7-11-26(12-8-24)28(34)18-30-14-2-4-22(16-30)20-32;/h1-16,31-32H,17-20H2;1H/q+2;/p-1. The molecule has 4 rings (SSSR count). The van der Waals surface area contributed by atoms with Crippen molar-refractivity contribution in [2.75, 3.05) is 0 Å². The summed E-state index contributed by atoms with van der Waals surface area (Å²) >= 11 is 0. The van der Waals surface area contributed by atoms with Gasteiger partial charge in [0.2, 0.25) is 24.7 Å². The number of halogens is 1. The van der Waals surface area contributed by atoms with E-state index in [9.17, 15) is 19.8 Å². The normalized spacial score (nSPS) is 10.5. The topological polar surface area (TPSA) is 82.4 Å². The molecule has 0 atom stereocenters. The number of rotatable bonds is 9. The fraction of sp³-hybridized carbons (Fsp3) is 0.143. The predicted octanol–water partition coefficient (Wildman–Crippen LogP) is -0.317. The lowest BCUT2D eigenvalue weighted by Crippen LogP contribution is -3.00. The van der Waals surface area contributed by atoms with Crippen molar-refractivity contribution in [3.63, 3.8) is 0 Å². The van der Waals surface area contributed by atoms with E-state index in [0.29, 0.717) is 11.1 Å². The van der Waals surface area contributed by atoms with Crippen LogP contribution in [0.3, 0.4) is 0 Å². The largest absolute Gasteiger partial charge is 1.00 e. The number of aliphatic hydroxyl groups excluding tert-OH is 2. The zero-order valence-corrected chi connectivity index (χ0v) is 20.6. The number of ketones is 2. The Morgan fingerprint density at radius 1 is 0.600 bits per heavy atom. The second kappa shape index (κ2) is 12.3. The Kier molecular flexibility index (Phi) is 9.14. The third-order valence-corrected chi connectivity index (χ3v) is 5.60. The zero-order valence-electron chi connectivity index (χ0n) is 19.0. The molecule has 0 aliphatic heterocycles. The van der Waals surface area contributed by atoms with Gasteiger partial charge in [-0.1, -0.05) is 48.5 Å². The van der Waals surface area contributed by atoms with Crippen molar-refractivity contribution in [3.8, 4) is 11.1 Å². The molecule has 0 aliphatic rings. The molecule has 0 spiro atoms. The molecule has 0 fully saturated rings. The Balaban J connectivity index is 0.00000342. The number of hydrogen-bond donors (Lipinski definition) is 2. The van der Waals surface area contributed by atoms with Gasteiger partial charge in [-0.05, 0) is 23.3 Å². The van der Waals surface area contributed by atoms with Crippen LogP contribution in [-0.2, 0) is 26.3 Å². The highest BCUT2D eigenvalue weighted by molar-refractivity contribution is 5.96. The van der Waals surface area contributed by atoms with Gasteiger partial charge >= 0.3 is 0 Å². The van der Waals surface area contributed by atoms with Crippen molar-refractivity contribution in [3.05, 3.63) is 120 Å². The number of Topliss-reactive ketones (excluding diaryl/α,β-unsaturated/α-hetero) is 2. The second-order valence-corrected chi connectivity index (χ2v) is 8.09. The van der Waals surface area contributed by atoms with Gasteiger partial charge in [-0.25, -0.2) is 0 Å². The van der Waals surface area contributed by atoms with E-state index in [-0.39, 0.29) is 54.9 Å². The molecule has 0 bridgehead atoms. The summed E-state index contributed by atoms with van der Waals surface area (Å²) in [6.07, 6.45) is 7.13. The second-order valence-electron chi connectivity index (χ2n) is 8.09. The molecule has 0 aliphatic carbocycles. The van der Waals surface area contributed by atoms with Gasteiger partial charge in [0.1, 0.15) is 0 Å². The lowest BCUT2D eigenvalue weighted by molar-refractivity contribution is -0.683. The Bertz CT molecular complexity index is 1200. The van der Waals surface area contributed by atoms with Gasteiger partial charge in [0, 0.05) is 34.4 Å². The molecule has 0 unspecified atom stereocenters. The van der Waals surface area contributed by atoms with Crippen molar-refractivity contribution in [2.45, 2.75) is 26.3 Å². The Labute approximate surface area is 214 Å². The highest BCUT2D eigenvalue weighted by atomic mass is 79.9. The molecule has 0 saturated heterocycles. The lowest BCUT2D eigenvalue weighted by Gasteiger charge is -2.05. The smallest absolute Gasteiger partial charge is 0.227 e. The minimum absolute atomic E-state index is 0. The van der Waals surface area contributed by atoms with Gasteiger partial charge in [-0.15, -0.1) is 0 Å². The third-order valence-electron chi connectivity index (χ3n) is 5.60. The van der Waals surface area contributed by atoms with Crippen LogP contribution in [0, 0.1) is 0 Å². The molecule has 2 heterocycles. The first-order valence-corrected chi connectivity index (χ1v) is 11.0. The van der Waals surface area contributed by atoms with Crippen molar-refractivity contribution in [1.82, 2.24) is 0 Å². The molecule has 0 saturated carbocycles. The van der Waals surface area contributed by atoms with Gasteiger partial charge in [0.25, 0.3) is 0 Å². The monoisotopic (exact) mass is 533 g/mol. The zero-order chi connectivity index (χ0) is 23.9. The number of pyridine rings is 2. The Hall–Kier alpha value is -3.52. The third kappa shape index (κ3) is 6.76. The molecule has 178 valence electrons. The average Bonchev–Trinajstić information content (AvgIpc) is 2.89. The fourth-order valence-corrected chi connectivity index (χ4v) is 3.75. The van der Waals surface area contributed by atoms with Crippen molar-refractivity contribution in [2.24, 2.45) is 0 Å². The molecule has 7 heteroatoms. The summed E-state index contributed by atoms with van der Waals surface area (Å²) in [5.41, 5.74) is 4.64. The number of benzene rings is 2. The molecular formula is C28H26BrN2O4+. The summed E-state index contributed by atoms with van der Waals surface area (Å²) in [6.45, 7) is 0.264. The number of carbonyl (C=O) groups is 2. The van der Waals surface area contributed by atoms with Crippen LogP contribution in [0.5, 0.6) is 0 Å². The van der Waals surface area contributed by atoms with Crippen molar-refractivity contribution < 1.29 is 45.9 Å². The predicted molar refractivity (Wildman–Crippen MR) is 126 cm³/mol.